The minimum absolute atomic E-state index is 0.0692. The third-order valence-corrected chi connectivity index (χ3v) is 3.99. The number of hydrogen-bond acceptors (Lipinski definition) is 3. The van der Waals surface area contributed by atoms with Gasteiger partial charge in [0.1, 0.15) is 5.82 Å². The second-order valence-corrected chi connectivity index (χ2v) is 6.14. The molecule has 0 bridgehead atoms. The fraction of sp³-hybridized carbons (Fsp3) is 0.625. The van der Waals surface area contributed by atoms with Crippen LogP contribution in [-0.2, 0) is 11.2 Å². The van der Waals surface area contributed by atoms with Crippen LogP contribution in [0.1, 0.15) is 32.8 Å². The maximum atomic E-state index is 14.4. The average Bonchev–Trinajstić information content (AvgIpc) is 2.39. The molecule has 0 amide bonds. The highest BCUT2D eigenvalue weighted by atomic mass is 19.1. The summed E-state index contributed by atoms with van der Waals surface area (Å²) in [5.74, 6) is -0.166. The van der Waals surface area contributed by atoms with E-state index in [4.69, 9.17) is 10.5 Å². The van der Waals surface area contributed by atoms with E-state index in [1.54, 1.807) is 6.07 Å². The number of benzene rings is 1. The number of nitrogens with zero attached hydrogens (tertiary/aromatic N) is 1. The zero-order chi connectivity index (χ0) is 14.8. The number of ether oxygens (including phenoxy) is 1. The Labute approximate surface area is 120 Å². The molecule has 1 aromatic rings. The van der Waals surface area contributed by atoms with Crippen LogP contribution in [0.4, 0.5) is 10.1 Å². The van der Waals surface area contributed by atoms with Crippen molar-refractivity contribution in [1.82, 2.24) is 0 Å². The lowest BCUT2D eigenvalue weighted by atomic mass is 9.96. The van der Waals surface area contributed by atoms with Crippen molar-refractivity contribution in [2.45, 2.75) is 45.2 Å². The van der Waals surface area contributed by atoms with Gasteiger partial charge in [0, 0.05) is 12.6 Å². The Hall–Kier alpha value is -1.13. The summed E-state index contributed by atoms with van der Waals surface area (Å²) < 4.78 is 19.9. The van der Waals surface area contributed by atoms with Gasteiger partial charge in [0.25, 0.3) is 0 Å². The highest BCUT2D eigenvalue weighted by Crippen LogP contribution is 2.33. The van der Waals surface area contributed by atoms with Crippen molar-refractivity contribution < 1.29 is 9.13 Å². The summed E-state index contributed by atoms with van der Waals surface area (Å²) in [6, 6.07) is 5.35. The van der Waals surface area contributed by atoms with Crippen molar-refractivity contribution in [3.8, 4) is 0 Å². The zero-order valence-corrected chi connectivity index (χ0v) is 12.7. The van der Waals surface area contributed by atoms with Gasteiger partial charge < -0.3 is 15.4 Å². The van der Waals surface area contributed by atoms with Crippen LogP contribution in [0.2, 0.25) is 0 Å². The van der Waals surface area contributed by atoms with Gasteiger partial charge in [-0.25, -0.2) is 4.39 Å². The first kappa shape index (κ1) is 15.3. The van der Waals surface area contributed by atoms with Gasteiger partial charge in [0.15, 0.2) is 0 Å². The lowest BCUT2D eigenvalue weighted by molar-refractivity contribution is 0.0638. The lowest BCUT2D eigenvalue weighted by Crippen LogP contribution is -2.54. The van der Waals surface area contributed by atoms with Gasteiger partial charge in [-0.1, -0.05) is 19.1 Å². The first-order valence-corrected chi connectivity index (χ1v) is 7.34. The number of nitrogens with two attached hydrogens (primary N) is 1. The minimum atomic E-state index is -0.203. The molecule has 0 aromatic heterocycles. The van der Waals surface area contributed by atoms with Gasteiger partial charge in [-0.05, 0) is 38.3 Å². The van der Waals surface area contributed by atoms with Crippen LogP contribution in [0.25, 0.3) is 0 Å². The molecular weight excluding hydrogens is 255 g/mol. The molecule has 2 rings (SSSR count). The number of morpholine rings is 1. The molecule has 1 fully saturated rings. The van der Waals surface area contributed by atoms with Gasteiger partial charge in [0.2, 0.25) is 0 Å². The molecule has 0 radical (unpaired) electrons. The summed E-state index contributed by atoms with van der Waals surface area (Å²) >= 11 is 0. The van der Waals surface area contributed by atoms with Crippen LogP contribution >= 0.6 is 0 Å². The molecule has 112 valence electrons. The first-order chi connectivity index (χ1) is 9.45. The molecule has 1 heterocycles. The molecule has 1 aliphatic rings. The van der Waals surface area contributed by atoms with Crippen LogP contribution in [0.15, 0.2) is 18.2 Å². The van der Waals surface area contributed by atoms with E-state index in [0.717, 1.165) is 12.0 Å². The number of para-hydroxylation sites is 1. The molecule has 0 aliphatic carbocycles. The van der Waals surface area contributed by atoms with E-state index in [1.165, 1.54) is 6.07 Å². The number of anilines is 1. The lowest BCUT2D eigenvalue weighted by Gasteiger charge is -2.44. The van der Waals surface area contributed by atoms with Crippen molar-refractivity contribution in [3.05, 3.63) is 29.6 Å². The fourth-order valence-corrected chi connectivity index (χ4v) is 2.73. The quantitative estimate of drug-likeness (QED) is 0.921. The Bertz CT molecular complexity index is 462. The molecule has 3 nitrogen and oxygen atoms in total. The number of halogens is 1. The Balaban J connectivity index is 2.38. The summed E-state index contributed by atoms with van der Waals surface area (Å²) in [5, 5.41) is 0. The highest BCUT2D eigenvalue weighted by molar-refractivity contribution is 5.57. The van der Waals surface area contributed by atoms with Crippen molar-refractivity contribution in [3.63, 3.8) is 0 Å². The molecule has 20 heavy (non-hydrogen) atoms. The van der Waals surface area contributed by atoms with Crippen LogP contribution in [0.3, 0.4) is 0 Å². The van der Waals surface area contributed by atoms with Crippen LogP contribution in [0, 0.1) is 5.82 Å². The van der Waals surface area contributed by atoms with Gasteiger partial charge in [-0.15, -0.1) is 0 Å². The van der Waals surface area contributed by atoms with Gasteiger partial charge in [0.05, 0.1) is 24.4 Å². The van der Waals surface area contributed by atoms with Crippen LogP contribution in [0.5, 0.6) is 0 Å². The van der Waals surface area contributed by atoms with Gasteiger partial charge >= 0.3 is 0 Å². The molecule has 1 aliphatic heterocycles. The molecule has 0 spiro atoms. The predicted molar refractivity (Wildman–Crippen MR) is 80.6 cm³/mol. The second-order valence-electron chi connectivity index (χ2n) is 6.14. The number of hydrogen-bond donors (Lipinski definition) is 1. The van der Waals surface area contributed by atoms with E-state index in [9.17, 15) is 4.39 Å². The average molecular weight is 280 g/mol. The molecule has 0 saturated carbocycles. The Morgan fingerprint density at radius 2 is 2.20 bits per heavy atom. The van der Waals surface area contributed by atoms with Gasteiger partial charge in [-0.3, -0.25) is 0 Å². The van der Waals surface area contributed by atoms with Crippen molar-refractivity contribution in [2.75, 3.05) is 24.7 Å². The number of rotatable bonds is 4. The predicted octanol–water partition coefficient (Wildman–Crippen LogP) is 2.72. The third-order valence-electron chi connectivity index (χ3n) is 3.99. The van der Waals surface area contributed by atoms with E-state index in [-0.39, 0.29) is 17.4 Å². The van der Waals surface area contributed by atoms with E-state index >= 15 is 0 Å². The third kappa shape index (κ3) is 3.13. The summed E-state index contributed by atoms with van der Waals surface area (Å²) in [5.41, 5.74) is 7.55. The van der Waals surface area contributed by atoms with Crippen molar-refractivity contribution in [1.29, 1.82) is 0 Å². The molecule has 1 saturated heterocycles. The largest absolute Gasteiger partial charge is 0.377 e. The summed E-state index contributed by atoms with van der Waals surface area (Å²) in [6.07, 6.45) is 1.60. The standard InChI is InChI=1S/C16H25FN2O/c1-4-13(18)10-12-6-5-7-14(17)15(12)19-8-9-20-11-16(19,2)3/h5-7,13H,4,8-11,18H2,1-3H3. The Morgan fingerprint density at radius 1 is 1.45 bits per heavy atom. The molecule has 4 heteroatoms. The Kier molecular flexibility index (Phi) is 4.66. The summed E-state index contributed by atoms with van der Waals surface area (Å²) in [7, 11) is 0. The highest BCUT2D eigenvalue weighted by Gasteiger charge is 2.33. The molecule has 2 N–H and O–H groups in total. The summed E-state index contributed by atoms with van der Waals surface area (Å²) in [4.78, 5) is 2.13. The smallest absolute Gasteiger partial charge is 0.146 e. The SMILES string of the molecule is CCC(N)Cc1cccc(F)c1N1CCOCC1(C)C. The van der Waals surface area contributed by atoms with Gasteiger partial charge in [-0.2, -0.15) is 0 Å². The first-order valence-electron chi connectivity index (χ1n) is 7.34. The normalized spacial score (nSPS) is 19.9. The molecular formula is C16H25FN2O. The van der Waals surface area contributed by atoms with E-state index in [1.807, 2.05) is 6.07 Å². The fourth-order valence-electron chi connectivity index (χ4n) is 2.73. The molecule has 1 aromatic carbocycles. The van der Waals surface area contributed by atoms with Crippen LogP contribution in [-0.4, -0.2) is 31.3 Å². The molecule has 1 atom stereocenters. The van der Waals surface area contributed by atoms with Crippen molar-refractivity contribution in [2.24, 2.45) is 5.73 Å². The van der Waals surface area contributed by atoms with E-state index in [0.29, 0.717) is 31.9 Å². The van der Waals surface area contributed by atoms with E-state index < -0.39 is 0 Å². The topological polar surface area (TPSA) is 38.5 Å². The minimum Gasteiger partial charge on any atom is -0.377 e. The summed E-state index contributed by atoms with van der Waals surface area (Å²) in [6.45, 7) is 8.19. The maximum Gasteiger partial charge on any atom is 0.146 e. The molecule has 1 unspecified atom stereocenters. The van der Waals surface area contributed by atoms with Crippen molar-refractivity contribution >= 4 is 5.69 Å². The zero-order valence-electron chi connectivity index (χ0n) is 12.7. The van der Waals surface area contributed by atoms with E-state index in [2.05, 4.69) is 25.7 Å². The van der Waals surface area contributed by atoms with Crippen LogP contribution < -0.4 is 10.6 Å². The maximum absolute atomic E-state index is 14.4. The second kappa shape index (κ2) is 6.10. The Morgan fingerprint density at radius 3 is 2.85 bits per heavy atom. The monoisotopic (exact) mass is 280 g/mol.